The van der Waals surface area contributed by atoms with E-state index in [0.29, 0.717) is 24.3 Å². The van der Waals surface area contributed by atoms with E-state index in [9.17, 15) is 9.59 Å². The Kier molecular flexibility index (Phi) is 5.48. The van der Waals surface area contributed by atoms with Crippen molar-refractivity contribution in [3.8, 4) is 0 Å². The van der Waals surface area contributed by atoms with Crippen LogP contribution in [0.25, 0.3) is 33.0 Å². The minimum atomic E-state index is -0.339. The van der Waals surface area contributed by atoms with Crippen LogP contribution in [0.1, 0.15) is 30.4 Å². The Balaban J connectivity index is 1.42. The van der Waals surface area contributed by atoms with Gasteiger partial charge in [0.15, 0.2) is 0 Å². The van der Waals surface area contributed by atoms with Crippen LogP contribution in [0.3, 0.4) is 0 Å². The smallest absolute Gasteiger partial charge is 0.259 e. The van der Waals surface area contributed by atoms with Crippen LogP contribution in [0.15, 0.2) is 60.9 Å². The Hall–Kier alpha value is -3.68. The molecule has 1 N–H and O–H groups in total. The fourth-order valence-electron chi connectivity index (χ4n) is 6.31. The van der Waals surface area contributed by atoms with Gasteiger partial charge in [0, 0.05) is 65.0 Å². The standard InChI is InChI=1S/C30H30N4O3/c35-29-27-23-18-33(25-9-3-1-7-21(23)25)14-11-20(17-32-12-5-6-13-32)37-16-15-34-19-24(28(27)30(36)31-29)22-8-2-4-10-26(22)34/h1-4,7-10,18-20H,5-6,11-17H2,(H,31,35,36)/t20-/m0/s1. The molecule has 4 aromatic rings. The van der Waals surface area contributed by atoms with Crippen molar-refractivity contribution in [3.05, 3.63) is 72.1 Å². The molecule has 1 saturated heterocycles. The second-order valence-corrected chi connectivity index (χ2v) is 10.3. The first kappa shape index (κ1) is 22.5. The van der Waals surface area contributed by atoms with Gasteiger partial charge in [-0.3, -0.25) is 14.9 Å². The van der Waals surface area contributed by atoms with Crippen molar-refractivity contribution in [3.63, 3.8) is 0 Å². The van der Waals surface area contributed by atoms with E-state index in [0.717, 1.165) is 65.5 Å². The van der Waals surface area contributed by atoms with Crippen LogP contribution < -0.4 is 5.32 Å². The zero-order valence-electron chi connectivity index (χ0n) is 20.8. The quantitative estimate of drug-likeness (QED) is 0.427. The van der Waals surface area contributed by atoms with Gasteiger partial charge in [0.1, 0.15) is 0 Å². The molecular formula is C30H30N4O3. The lowest BCUT2D eigenvalue weighted by Gasteiger charge is -2.24. The summed E-state index contributed by atoms with van der Waals surface area (Å²) in [5.74, 6) is -0.671. The van der Waals surface area contributed by atoms with Crippen LogP contribution in [0.2, 0.25) is 0 Å². The summed E-state index contributed by atoms with van der Waals surface area (Å²) < 4.78 is 10.9. The number of carbonyl (C=O) groups is 2. The first-order valence-electron chi connectivity index (χ1n) is 13.3. The molecule has 2 aromatic heterocycles. The number of carbonyl (C=O) groups excluding carboxylic acids is 2. The summed E-state index contributed by atoms with van der Waals surface area (Å²) in [4.78, 5) is 29.0. The Bertz CT molecular complexity index is 1570. The van der Waals surface area contributed by atoms with Gasteiger partial charge in [-0.05, 0) is 44.5 Å². The average Bonchev–Trinajstić information content (AvgIpc) is 3.68. The highest BCUT2D eigenvalue weighted by Crippen LogP contribution is 2.39. The molecule has 188 valence electrons. The molecule has 0 saturated carbocycles. The van der Waals surface area contributed by atoms with Gasteiger partial charge in [0.2, 0.25) is 0 Å². The van der Waals surface area contributed by atoms with E-state index in [2.05, 4.69) is 37.7 Å². The highest BCUT2D eigenvalue weighted by atomic mass is 16.5. The molecule has 0 spiro atoms. The summed E-state index contributed by atoms with van der Waals surface area (Å²) in [7, 11) is 0. The molecule has 4 bridgehead atoms. The van der Waals surface area contributed by atoms with E-state index in [1.807, 2.05) is 42.6 Å². The molecule has 3 aliphatic heterocycles. The molecule has 3 aliphatic rings. The molecule has 0 aliphatic carbocycles. The number of amides is 2. The largest absolute Gasteiger partial charge is 0.375 e. The number of imide groups is 1. The monoisotopic (exact) mass is 494 g/mol. The summed E-state index contributed by atoms with van der Waals surface area (Å²) in [5.41, 5.74) is 4.61. The number of likely N-dealkylation sites (tertiary alicyclic amines) is 1. The third-order valence-corrected chi connectivity index (χ3v) is 8.09. The molecule has 7 heteroatoms. The third-order valence-electron chi connectivity index (χ3n) is 8.09. The summed E-state index contributed by atoms with van der Waals surface area (Å²) in [6, 6.07) is 16.2. The zero-order valence-corrected chi connectivity index (χ0v) is 20.8. The number of benzene rings is 2. The molecular weight excluding hydrogens is 464 g/mol. The van der Waals surface area contributed by atoms with Gasteiger partial charge in [-0.25, -0.2) is 0 Å². The molecule has 7 rings (SSSR count). The number of para-hydroxylation sites is 2. The van der Waals surface area contributed by atoms with Crippen molar-refractivity contribution in [2.45, 2.75) is 38.5 Å². The van der Waals surface area contributed by atoms with Crippen molar-refractivity contribution in [1.82, 2.24) is 19.4 Å². The van der Waals surface area contributed by atoms with Crippen LogP contribution in [0.4, 0.5) is 0 Å². The van der Waals surface area contributed by atoms with Crippen LogP contribution in [-0.2, 0) is 27.4 Å². The van der Waals surface area contributed by atoms with E-state index >= 15 is 0 Å². The van der Waals surface area contributed by atoms with Gasteiger partial charge in [-0.2, -0.15) is 0 Å². The lowest BCUT2D eigenvalue weighted by Crippen LogP contribution is -2.33. The minimum absolute atomic E-state index is 0.123. The van der Waals surface area contributed by atoms with E-state index in [4.69, 9.17) is 4.74 Å². The minimum Gasteiger partial charge on any atom is -0.375 e. The molecule has 5 heterocycles. The van der Waals surface area contributed by atoms with Crippen LogP contribution in [-0.4, -0.2) is 58.2 Å². The zero-order chi connectivity index (χ0) is 24.9. The van der Waals surface area contributed by atoms with Crippen molar-refractivity contribution in [1.29, 1.82) is 0 Å². The van der Waals surface area contributed by atoms with Crippen LogP contribution in [0, 0.1) is 0 Å². The fourth-order valence-corrected chi connectivity index (χ4v) is 6.31. The number of nitrogens with zero attached hydrogens (tertiary/aromatic N) is 3. The highest BCUT2D eigenvalue weighted by Gasteiger charge is 2.35. The fraction of sp³-hybridized carbons (Fsp3) is 0.333. The summed E-state index contributed by atoms with van der Waals surface area (Å²) in [6.07, 6.45) is 7.59. The number of aryl methyl sites for hydroxylation is 1. The van der Waals surface area contributed by atoms with Crippen LogP contribution in [0.5, 0.6) is 0 Å². The maximum atomic E-state index is 13.3. The number of aromatic nitrogens is 2. The van der Waals surface area contributed by atoms with Gasteiger partial charge >= 0.3 is 0 Å². The summed E-state index contributed by atoms with van der Waals surface area (Å²) in [6.45, 7) is 5.27. The molecule has 0 radical (unpaired) electrons. The van der Waals surface area contributed by atoms with Crippen molar-refractivity contribution >= 4 is 44.8 Å². The average molecular weight is 495 g/mol. The van der Waals surface area contributed by atoms with Gasteiger partial charge in [0.05, 0.1) is 23.9 Å². The maximum absolute atomic E-state index is 13.3. The predicted octanol–water partition coefficient (Wildman–Crippen LogP) is 4.05. The first-order valence-corrected chi connectivity index (χ1v) is 13.3. The molecule has 2 amide bonds. The van der Waals surface area contributed by atoms with Crippen molar-refractivity contribution in [2.24, 2.45) is 0 Å². The van der Waals surface area contributed by atoms with Gasteiger partial charge in [-0.1, -0.05) is 36.4 Å². The van der Waals surface area contributed by atoms with E-state index < -0.39 is 0 Å². The van der Waals surface area contributed by atoms with Crippen molar-refractivity contribution < 1.29 is 14.3 Å². The van der Waals surface area contributed by atoms with E-state index in [1.165, 1.54) is 12.8 Å². The number of fused-ring (bicyclic) bond motifs is 12. The molecule has 2 aromatic carbocycles. The maximum Gasteiger partial charge on any atom is 0.259 e. The summed E-state index contributed by atoms with van der Waals surface area (Å²) >= 11 is 0. The molecule has 1 fully saturated rings. The molecule has 37 heavy (non-hydrogen) atoms. The Labute approximate surface area is 215 Å². The first-order chi connectivity index (χ1) is 18.2. The molecule has 1 atom stereocenters. The number of hydrogen-bond donors (Lipinski definition) is 1. The number of hydrogen-bond acceptors (Lipinski definition) is 4. The Morgan fingerprint density at radius 3 is 1.95 bits per heavy atom. The second kappa shape index (κ2) is 9.01. The third kappa shape index (κ3) is 3.81. The van der Waals surface area contributed by atoms with Gasteiger partial charge < -0.3 is 18.8 Å². The summed E-state index contributed by atoms with van der Waals surface area (Å²) in [5, 5.41) is 4.53. The highest BCUT2D eigenvalue weighted by molar-refractivity contribution is 6.50. The number of rotatable bonds is 2. The number of nitrogens with one attached hydrogen (secondary N) is 1. The van der Waals surface area contributed by atoms with Gasteiger partial charge in [0.25, 0.3) is 11.8 Å². The Morgan fingerprint density at radius 1 is 0.757 bits per heavy atom. The molecule has 7 nitrogen and oxygen atoms in total. The van der Waals surface area contributed by atoms with Crippen LogP contribution >= 0.6 is 0 Å². The SMILES string of the molecule is O=C1NC(=O)C2=C1c1cn(c3ccccc13)CCO[C@H](CN1CCCC1)CCn1cc2c2ccccc21. The normalized spacial score (nSPS) is 21.0. The second-order valence-electron chi connectivity index (χ2n) is 10.3. The van der Waals surface area contributed by atoms with Crippen molar-refractivity contribution in [2.75, 3.05) is 26.2 Å². The lowest BCUT2D eigenvalue weighted by atomic mass is 9.95. The van der Waals surface area contributed by atoms with Gasteiger partial charge in [-0.15, -0.1) is 0 Å². The molecule has 0 unspecified atom stereocenters. The predicted molar refractivity (Wildman–Crippen MR) is 144 cm³/mol. The topological polar surface area (TPSA) is 68.5 Å². The van der Waals surface area contributed by atoms with E-state index in [-0.39, 0.29) is 17.9 Å². The number of ether oxygens (including phenoxy) is 1. The lowest BCUT2D eigenvalue weighted by molar-refractivity contribution is -0.122. The Morgan fingerprint density at radius 2 is 1.32 bits per heavy atom. The van der Waals surface area contributed by atoms with E-state index in [1.54, 1.807) is 0 Å².